The van der Waals surface area contributed by atoms with Gasteiger partial charge in [0.25, 0.3) is 10.1 Å². The first-order chi connectivity index (χ1) is 11.4. The van der Waals surface area contributed by atoms with Gasteiger partial charge in [0.15, 0.2) is 0 Å². The second-order valence-corrected chi connectivity index (χ2v) is 7.03. The third kappa shape index (κ3) is 6.99. The van der Waals surface area contributed by atoms with Gasteiger partial charge in [-0.1, -0.05) is 44.4 Å². The quantitative estimate of drug-likeness (QED) is 0.423. The molecule has 0 bridgehead atoms. The first-order valence-corrected chi connectivity index (χ1v) is 9.39. The molecule has 0 aliphatic carbocycles. The van der Waals surface area contributed by atoms with E-state index in [2.05, 4.69) is 6.92 Å². The molecule has 0 unspecified atom stereocenters. The van der Waals surface area contributed by atoms with Crippen molar-refractivity contribution in [3.8, 4) is 17.2 Å². The summed E-state index contributed by atoms with van der Waals surface area (Å²) >= 11 is 0. The van der Waals surface area contributed by atoms with E-state index in [1.165, 1.54) is 24.3 Å². The number of hydrogen-bond acceptors (Lipinski definition) is 4. The summed E-state index contributed by atoms with van der Waals surface area (Å²) in [6.07, 6.45) is 5.19. The van der Waals surface area contributed by atoms with Gasteiger partial charge in [-0.15, -0.1) is 5.75 Å². The number of rotatable bonds is 8. The van der Waals surface area contributed by atoms with Gasteiger partial charge in [-0.05, 0) is 42.7 Å². The van der Waals surface area contributed by atoms with Crippen LogP contribution in [0.1, 0.15) is 38.2 Å². The van der Waals surface area contributed by atoms with Crippen LogP contribution in [0.25, 0.3) is 0 Å². The molecular weight excluding hydrogens is 351 g/mol. The van der Waals surface area contributed by atoms with Crippen LogP contribution in [0.4, 0.5) is 0 Å². The van der Waals surface area contributed by atoms with Crippen molar-refractivity contribution in [3.05, 3.63) is 48.0 Å². The van der Waals surface area contributed by atoms with Crippen molar-refractivity contribution in [2.75, 3.05) is 0 Å². The van der Waals surface area contributed by atoms with E-state index in [1.807, 2.05) is 0 Å². The maximum atomic E-state index is 11.5. The Morgan fingerprint density at radius 2 is 1.84 bits per heavy atom. The van der Waals surface area contributed by atoms with Crippen LogP contribution in [0.3, 0.4) is 0 Å². The van der Waals surface area contributed by atoms with Crippen LogP contribution in [0, 0.1) is 0 Å². The topological polar surface area (TPSA) is 86.7 Å². The predicted molar refractivity (Wildman–Crippen MR) is 90.1 cm³/mol. The number of unbranched alkanes of at least 4 members (excludes halogenated alkanes) is 3. The van der Waals surface area contributed by atoms with Crippen LogP contribution >= 0.6 is 0 Å². The standard InChI is InChI=1S/C18H22O5S.Na/c1-2-3-4-5-7-14-10-11-18(24(20,21)22)17(12-14)23-16-9-6-8-15(19)13-16;/h6,8-13,19H,2-5,7H2,1H3,(H,20,21,22);/q;+1/p-1. The minimum Gasteiger partial charge on any atom is -0.872 e. The van der Waals surface area contributed by atoms with E-state index in [0.29, 0.717) is 0 Å². The van der Waals surface area contributed by atoms with E-state index in [9.17, 15) is 18.1 Å². The number of benzene rings is 2. The van der Waals surface area contributed by atoms with Crippen LogP contribution in [0.2, 0.25) is 0 Å². The Balaban J connectivity index is 0.00000312. The summed E-state index contributed by atoms with van der Waals surface area (Å²) in [7, 11) is -4.41. The van der Waals surface area contributed by atoms with Crippen LogP contribution in [0.5, 0.6) is 17.2 Å². The predicted octanol–water partition coefficient (Wildman–Crippen LogP) is 0.926. The molecule has 0 atom stereocenters. The van der Waals surface area contributed by atoms with Crippen molar-refractivity contribution in [1.29, 1.82) is 0 Å². The molecule has 2 aromatic rings. The van der Waals surface area contributed by atoms with Gasteiger partial charge in [-0.25, -0.2) is 0 Å². The van der Waals surface area contributed by atoms with Gasteiger partial charge in [0.2, 0.25) is 0 Å². The van der Waals surface area contributed by atoms with Gasteiger partial charge < -0.3 is 9.84 Å². The van der Waals surface area contributed by atoms with Gasteiger partial charge in [0, 0.05) is 0 Å². The molecule has 0 radical (unpaired) electrons. The van der Waals surface area contributed by atoms with Crippen molar-refractivity contribution in [2.24, 2.45) is 0 Å². The van der Waals surface area contributed by atoms with E-state index in [-0.39, 0.29) is 51.7 Å². The third-order valence-corrected chi connectivity index (χ3v) is 4.53. The summed E-state index contributed by atoms with van der Waals surface area (Å²) in [6.45, 7) is 2.14. The summed E-state index contributed by atoms with van der Waals surface area (Å²) in [5, 5.41) is 11.4. The van der Waals surface area contributed by atoms with E-state index in [1.54, 1.807) is 18.2 Å². The molecule has 2 aromatic carbocycles. The zero-order chi connectivity index (χ0) is 17.6. The maximum absolute atomic E-state index is 11.5. The fourth-order valence-corrected chi connectivity index (χ4v) is 3.02. The SMILES string of the molecule is CCCCCCc1ccc(S(=O)(=O)O)c(Oc2cccc([O-])c2)c1.[Na+]. The molecule has 0 fully saturated rings. The summed E-state index contributed by atoms with van der Waals surface area (Å²) in [6, 6.07) is 10.3. The summed E-state index contributed by atoms with van der Waals surface area (Å²) in [4.78, 5) is -0.309. The Hall–Kier alpha value is -1.05. The molecule has 0 spiro atoms. The number of hydrogen-bond donors (Lipinski definition) is 1. The molecule has 5 nitrogen and oxygen atoms in total. The fourth-order valence-electron chi connectivity index (χ4n) is 2.42. The summed E-state index contributed by atoms with van der Waals surface area (Å²) < 4.78 is 38.0. The fraction of sp³-hybridized carbons (Fsp3) is 0.333. The molecule has 0 aliphatic heterocycles. The van der Waals surface area contributed by atoms with Crippen molar-refractivity contribution >= 4 is 10.1 Å². The minimum atomic E-state index is -4.41. The zero-order valence-electron chi connectivity index (χ0n) is 14.6. The molecule has 7 heteroatoms. The Labute approximate surface area is 171 Å². The Kier molecular flexibility index (Phi) is 8.96. The second-order valence-electron chi connectivity index (χ2n) is 5.64. The molecular formula is C18H21NaO5S. The smallest absolute Gasteiger partial charge is 0.872 e. The van der Waals surface area contributed by atoms with Crippen molar-refractivity contribution in [3.63, 3.8) is 0 Å². The number of aryl methyl sites for hydroxylation is 1. The first kappa shape index (κ1) is 22.0. The summed E-state index contributed by atoms with van der Waals surface area (Å²) in [5.41, 5.74) is 0.923. The van der Waals surface area contributed by atoms with E-state index in [0.717, 1.165) is 37.7 Å². The molecule has 0 heterocycles. The molecule has 25 heavy (non-hydrogen) atoms. The van der Waals surface area contributed by atoms with Crippen molar-refractivity contribution < 1.29 is 52.4 Å². The average Bonchev–Trinajstić information content (AvgIpc) is 2.51. The van der Waals surface area contributed by atoms with Crippen LogP contribution in [0.15, 0.2) is 47.4 Å². The zero-order valence-corrected chi connectivity index (χ0v) is 17.4. The first-order valence-electron chi connectivity index (χ1n) is 7.95. The largest absolute Gasteiger partial charge is 1.00 e. The second kappa shape index (κ2) is 10.2. The van der Waals surface area contributed by atoms with Crippen LogP contribution in [-0.2, 0) is 16.5 Å². The van der Waals surface area contributed by atoms with Gasteiger partial charge in [-0.2, -0.15) is 8.42 Å². The number of ether oxygens (including phenoxy) is 1. The third-order valence-electron chi connectivity index (χ3n) is 3.64. The molecule has 0 amide bonds. The van der Waals surface area contributed by atoms with Crippen LogP contribution < -0.4 is 39.4 Å². The van der Waals surface area contributed by atoms with Crippen LogP contribution in [-0.4, -0.2) is 13.0 Å². The Morgan fingerprint density at radius 3 is 2.48 bits per heavy atom. The Bertz CT molecular complexity index is 790. The normalized spacial score (nSPS) is 11.0. The minimum absolute atomic E-state index is 0. The molecule has 0 aliphatic rings. The van der Waals surface area contributed by atoms with Gasteiger partial charge in [-0.3, -0.25) is 4.55 Å². The average molecular weight is 372 g/mol. The molecule has 0 saturated carbocycles. The molecule has 1 N–H and O–H groups in total. The van der Waals surface area contributed by atoms with Gasteiger partial charge in [0.1, 0.15) is 16.4 Å². The summed E-state index contributed by atoms with van der Waals surface area (Å²) in [5.74, 6) is 0.0169. The van der Waals surface area contributed by atoms with E-state index in [4.69, 9.17) is 4.74 Å². The van der Waals surface area contributed by atoms with Gasteiger partial charge in [0.05, 0.1) is 0 Å². The van der Waals surface area contributed by atoms with E-state index >= 15 is 0 Å². The molecule has 130 valence electrons. The Morgan fingerprint density at radius 1 is 1.08 bits per heavy atom. The van der Waals surface area contributed by atoms with Crippen molar-refractivity contribution in [1.82, 2.24) is 0 Å². The molecule has 2 rings (SSSR count). The van der Waals surface area contributed by atoms with Gasteiger partial charge >= 0.3 is 29.6 Å². The molecule has 0 saturated heterocycles. The monoisotopic (exact) mass is 372 g/mol. The maximum Gasteiger partial charge on any atom is 1.00 e. The van der Waals surface area contributed by atoms with Crippen molar-refractivity contribution in [2.45, 2.75) is 43.9 Å². The van der Waals surface area contributed by atoms with E-state index < -0.39 is 10.1 Å². The molecule has 0 aromatic heterocycles.